The Bertz CT molecular complexity index is 808. The van der Waals surface area contributed by atoms with Crippen LogP contribution < -0.4 is 4.90 Å². The second-order valence-corrected chi connectivity index (χ2v) is 6.47. The second kappa shape index (κ2) is 6.45. The van der Waals surface area contributed by atoms with Crippen molar-refractivity contribution in [2.24, 2.45) is 0 Å². The number of rotatable bonds is 3. The third-order valence-electron chi connectivity index (χ3n) is 4.03. The number of pyridine rings is 1. The summed E-state index contributed by atoms with van der Waals surface area (Å²) >= 11 is 1.56. The first kappa shape index (κ1) is 14.9. The summed E-state index contributed by atoms with van der Waals surface area (Å²) < 4.78 is 5.30. The topological polar surface area (TPSA) is 62.5 Å². The van der Waals surface area contributed by atoms with Crippen molar-refractivity contribution in [3.8, 4) is 10.6 Å². The number of aromatic nitrogens is 2. The molecule has 3 aromatic heterocycles. The van der Waals surface area contributed by atoms with Gasteiger partial charge in [-0.15, -0.1) is 11.3 Å². The molecule has 1 saturated heterocycles. The van der Waals surface area contributed by atoms with E-state index in [-0.39, 0.29) is 5.91 Å². The molecule has 0 unspecified atom stereocenters. The maximum absolute atomic E-state index is 12.6. The highest BCUT2D eigenvalue weighted by Gasteiger charge is 2.25. The van der Waals surface area contributed by atoms with Crippen molar-refractivity contribution in [2.75, 3.05) is 31.1 Å². The first-order valence-electron chi connectivity index (χ1n) is 7.77. The molecule has 0 radical (unpaired) electrons. The lowest BCUT2D eigenvalue weighted by atomic mass is 10.2. The minimum absolute atomic E-state index is 0.0813. The normalized spacial score (nSPS) is 14.8. The Kier molecular flexibility index (Phi) is 4.00. The van der Waals surface area contributed by atoms with Gasteiger partial charge in [0.2, 0.25) is 0 Å². The number of hydrogen-bond acceptors (Lipinski definition) is 6. The Labute approximate surface area is 143 Å². The zero-order valence-electron chi connectivity index (χ0n) is 13.0. The van der Waals surface area contributed by atoms with E-state index in [2.05, 4.69) is 15.0 Å². The number of nitrogens with zero attached hydrogens (tertiary/aromatic N) is 4. The van der Waals surface area contributed by atoms with E-state index in [0.717, 1.165) is 23.8 Å². The highest BCUT2D eigenvalue weighted by Crippen LogP contribution is 2.25. The van der Waals surface area contributed by atoms with Crippen LogP contribution in [0.15, 0.2) is 52.5 Å². The van der Waals surface area contributed by atoms with Gasteiger partial charge in [0.05, 0.1) is 4.88 Å². The summed E-state index contributed by atoms with van der Waals surface area (Å²) in [5, 5.41) is 5.91. The predicted molar refractivity (Wildman–Crippen MR) is 92.2 cm³/mol. The van der Waals surface area contributed by atoms with Crippen LogP contribution in [-0.2, 0) is 0 Å². The van der Waals surface area contributed by atoms with Crippen molar-refractivity contribution >= 4 is 23.1 Å². The van der Waals surface area contributed by atoms with E-state index >= 15 is 0 Å². The zero-order chi connectivity index (χ0) is 16.4. The van der Waals surface area contributed by atoms with E-state index in [9.17, 15) is 4.79 Å². The van der Waals surface area contributed by atoms with Crippen LogP contribution in [0.1, 0.15) is 10.5 Å². The highest BCUT2D eigenvalue weighted by atomic mass is 32.1. The van der Waals surface area contributed by atoms with Crippen molar-refractivity contribution < 1.29 is 9.32 Å². The van der Waals surface area contributed by atoms with Crippen LogP contribution in [0.3, 0.4) is 0 Å². The number of thiophene rings is 1. The van der Waals surface area contributed by atoms with Gasteiger partial charge in [0.15, 0.2) is 11.5 Å². The molecule has 0 atom stereocenters. The molecule has 0 saturated carbocycles. The van der Waals surface area contributed by atoms with Crippen molar-refractivity contribution in [3.63, 3.8) is 0 Å². The fourth-order valence-electron chi connectivity index (χ4n) is 2.75. The minimum Gasteiger partial charge on any atom is -0.355 e. The van der Waals surface area contributed by atoms with Gasteiger partial charge in [0.1, 0.15) is 5.82 Å². The number of piperazine rings is 1. The highest BCUT2D eigenvalue weighted by molar-refractivity contribution is 7.13. The smallest absolute Gasteiger partial charge is 0.276 e. The summed E-state index contributed by atoms with van der Waals surface area (Å²) in [5.41, 5.74) is 0.365. The monoisotopic (exact) mass is 340 g/mol. The van der Waals surface area contributed by atoms with Gasteiger partial charge in [-0.25, -0.2) is 4.98 Å². The average molecular weight is 340 g/mol. The average Bonchev–Trinajstić information content (AvgIpc) is 3.33. The van der Waals surface area contributed by atoms with E-state index in [4.69, 9.17) is 4.52 Å². The largest absolute Gasteiger partial charge is 0.355 e. The molecule has 6 nitrogen and oxygen atoms in total. The van der Waals surface area contributed by atoms with Gasteiger partial charge in [-0.05, 0) is 23.6 Å². The van der Waals surface area contributed by atoms with Crippen molar-refractivity contribution in [2.45, 2.75) is 0 Å². The molecule has 0 aliphatic carbocycles. The fourth-order valence-corrected chi connectivity index (χ4v) is 3.43. The molecule has 1 aliphatic heterocycles. The van der Waals surface area contributed by atoms with Crippen LogP contribution in [-0.4, -0.2) is 47.1 Å². The van der Waals surface area contributed by atoms with Gasteiger partial charge in [-0.3, -0.25) is 4.79 Å². The lowest BCUT2D eigenvalue weighted by molar-refractivity contribution is 0.0736. The molecule has 122 valence electrons. The van der Waals surface area contributed by atoms with Crippen molar-refractivity contribution in [3.05, 3.63) is 53.7 Å². The first-order chi connectivity index (χ1) is 11.8. The van der Waals surface area contributed by atoms with Crippen LogP contribution in [0.4, 0.5) is 5.82 Å². The number of anilines is 1. The Morgan fingerprint density at radius 1 is 1.12 bits per heavy atom. The maximum atomic E-state index is 12.6. The number of amides is 1. The third kappa shape index (κ3) is 2.90. The summed E-state index contributed by atoms with van der Waals surface area (Å²) in [4.78, 5) is 21.9. The number of carbonyl (C=O) groups is 1. The quantitative estimate of drug-likeness (QED) is 0.734. The van der Waals surface area contributed by atoms with Gasteiger partial charge in [-0.1, -0.05) is 17.3 Å². The van der Waals surface area contributed by atoms with Crippen molar-refractivity contribution in [1.29, 1.82) is 0 Å². The molecule has 1 fully saturated rings. The Hall–Kier alpha value is -2.67. The van der Waals surface area contributed by atoms with E-state index in [1.807, 2.05) is 40.6 Å². The van der Waals surface area contributed by atoms with E-state index < -0.39 is 0 Å². The van der Waals surface area contributed by atoms with Gasteiger partial charge in [-0.2, -0.15) is 0 Å². The fraction of sp³-hybridized carbons (Fsp3) is 0.235. The molecule has 7 heteroatoms. The summed E-state index contributed by atoms with van der Waals surface area (Å²) in [6.45, 7) is 2.82. The van der Waals surface area contributed by atoms with Crippen LogP contribution in [0.5, 0.6) is 0 Å². The maximum Gasteiger partial charge on any atom is 0.276 e. The Balaban J connectivity index is 1.41. The molecule has 0 N–H and O–H groups in total. The molecule has 0 aromatic carbocycles. The molecule has 4 rings (SSSR count). The van der Waals surface area contributed by atoms with Gasteiger partial charge in [0.25, 0.3) is 5.91 Å². The van der Waals surface area contributed by atoms with Gasteiger partial charge in [0, 0.05) is 38.4 Å². The second-order valence-electron chi connectivity index (χ2n) is 5.52. The number of hydrogen-bond donors (Lipinski definition) is 0. The van der Waals surface area contributed by atoms with Crippen LogP contribution in [0.2, 0.25) is 0 Å². The molecule has 24 heavy (non-hydrogen) atoms. The van der Waals surface area contributed by atoms with Crippen LogP contribution in [0, 0.1) is 0 Å². The summed E-state index contributed by atoms with van der Waals surface area (Å²) in [6.07, 6.45) is 1.79. The predicted octanol–water partition coefficient (Wildman–Crippen LogP) is 2.76. The summed E-state index contributed by atoms with van der Waals surface area (Å²) in [7, 11) is 0. The summed E-state index contributed by atoms with van der Waals surface area (Å²) in [5.74, 6) is 1.51. The van der Waals surface area contributed by atoms with E-state index in [1.54, 1.807) is 23.6 Å². The molecule has 1 amide bonds. The SMILES string of the molecule is O=C(c1cc(-c2cccs2)on1)N1CCN(c2ccccn2)CC1. The number of carbonyl (C=O) groups excluding carboxylic acids is 1. The lowest BCUT2D eigenvalue weighted by Gasteiger charge is -2.34. The molecule has 1 aliphatic rings. The molecular formula is C17H16N4O2S. The van der Waals surface area contributed by atoms with Crippen LogP contribution >= 0.6 is 11.3 Å². The van der Waals surface area contributed by atoms with Crippen LogP contribution in [0.25, 0.3) is 10.6 Å². The lowest BCUT2D eigenvalue weighted by Crippen LogP contribution is -2.49. The Morgan fingerprint density at radius 3 is 2.71 bits per heavy atom. The van der Waals surface area contributed by atoms with Crippen molar-refractivity contribution in [1.82, 2.24) is 15.0 Å². The molecule has 3 aromatic rings. The summed E-state index contributed by atoms with van der Waals surface area (Å²) in [6, 6.07) is 11.5. The standard InChI is InChI=1S/C17H16N4O2S/c22-17(13-12-14(23-19-13)15-4-3-11-24-15)21-9-7-20(8-10-21)16-5-1-2-6-18-16/h1-6,11-12H,7-10H2. The first-order valence-corrected chi connectivity index (χ1v) is 8.65. The third-order valence-corrected chi connectivity index (χ3v) is 4.92. The molecular weight excluding hydrogens is 324 g/mol. The van der Waals surface area contributed by atoms with E-state index in [0.29, 0.717) is 24.5 Å². The molecule has 0 bridgehead atoms. The molecule has 4 heterocycles. The van der Waals surface area contributed by atoms with E-state index in [1.165, 1.54) is 0 Å². The molecule has 0 spiro atoms. The van der Waals surface area contributed by atoms with Gasteiger partial charge >= 0.3 is 0 Å². The van der Waals surface area contributed by atoms with Gasteiger partial charge < -0.3 is 14.3 Å². The zero-order valence-corrected chi connectivity index (χ0v) is 13.8. The Morgan fingerprint density at radius 2 is 2.00 bits per heavy atom. The minimum atomic E-state index is -0.0813.